The van der Waals surface area contributed by atoms with Crippen LogP contribution in [0.1, 0.15) is 32.1 Å². The molecule has 1 saturated carbocycles. The van der Waals surface area contributed by atoms with Gasteiger partial charge in [-0.05, 0) is 12.8 Å². The highest BCUT2D eigenvalue weighted by Crippen LogP contribution is 2.22. The molecule has 0 bridgehead atoms. The number of nitrogens with zero attached hydrogens (tertiary/aromatic N) is 1. The minimum Gasteiger partial charge on any atom is -0.481 e. The van der Waals surface area contributed by atoms with Gasteiger partial charge in [0.2, 0.25) is 0 Å². The van der Waals surface area contributed by atoms with E-state index in [0.29, 0.717) is 0 Å². The molecule has 0 radical (unpaired) electrons. The Balaban J connectivity index is 2.54. The monoisotopic (exact) mass is 258 g/mol. The summed E-state index contributed by atoms with van der Waals surface area (Å²) in [5.74, 6) is -2.60. The third-order valence-electron chi connectivity index (χ3n) is 3.17. The standard InChI is InChI=1S/C11H18N2O5/c1-13(7-4-2-3-5-7)11(18)12-8(10(16)17)6-9(14)15/h7-8H,2-6H2,1H3,(H,12,18)(H,14,15)(H,16,17)/t8-/m0/s1. The molecular formula is C11H18N2O5. The summed E-state index contributed by atoms with van der Waals surface area (Å²) in [6, 6.07) is -1.81. The molecule has 1 aliphatic carbocycles. The third kappa shape index (κ3) is 3.90. The predicted octanol–water partition coefficient (Wildman–Crippen LogP) is 0.498. The Hall–Kier alpha value is -1.79. The van der Waals surface area contributed by atoms with E-state index in [2.05, 4.69) is 5.32 Å². The topological polar surface area (TPSA) is 107 Å². The van der Waals surface area contributed by atoms with Crippen molar-refractivity contribution in [2.75, 3.05) is 7.05 Å². The Bertz CT molecular complexity index is 338. The van der Waals surface area contributed by atoms with Crippen molar-refractivity contribution in [3.63, 3.8) is 0 Å². The van der Waals surface area contributed by atoms with Crippen molar-refractivity contribution in [2.45, 2.75) is 44.2 Å². The number of urea groups is 1. The van der Waals surface area contributed by atoms with Gasteiger partial charge in [0.25, 0.3) is 0 Å². The van der Waals surface area contributed by atoms with Crippen molar-refractivity contribution in [3.8, 4) is 0 Å². The maximum Gasteiger partial charge on any atom is 0.326 e. The number of rotatable bonds is 5. The van der Waals surface area contributed by atoms with E-state index in [0.717, 1.165) is 25.7 Å². The van der Waals surface area contributed by atoms with Gasteiger partial charge in [-0.1, -0.05) is 12.8 Å². The normalized spacial score (nSPS) is 17.2. The Morgan fingerprint density at radius 3 is 2.28 bits per heavy atom. The second-order valence-corrected chi connectivity index (χ2v) is 4.49. The fraction of sp³-hybridized carbons (Fsp3) is 0.727. The number of aliphatic carboxylic acids is 2. The second-order valence-electron chi connectivity index (χ2n) is 4.49. The molecule has 1 rings (SSSR count). The Kier molecular flexibility index (Phi) is 4.94. The minimum absolute atomic E-state index is 0.115. The van der Waals surface area contributed by atoms with Gasteiger partial charge in [-0.3, -0.25) is 4.79 Å². The molecule has 0 unspecified atom stereocenters. The van der Waals surface area contributed by atoms with Gasteiger partial charge in [0, 0.05) is 13.1 Å². The molecule has 102 valence electrons. The quantitative estimate of drug-likeness (QED) is 0.665. The molecule has 0 aromatic heterocycles. The first-order valence-electron chi connectivity index (χ1n) is 5.89. The molecule has 0 heterocycles. The molecule has 0 spiro atoms. The molecule has 18 heavy (non-hydrogen) atoms. The van der Waals surface area contributed by atoms with E-state index in [9.17, 15) is 14.4 Å². The summed E-state index contributed by atoms with van der Waals surface area (Å²) in [7, 11) is 1.60. The summed E-state index contributed by atoms with van der Waals surface area (Å²) in [5, 5.41) is 19.6. The molecule has 1 fully saturated rings. The minimum atomic E-state index is -1.39. The molecular weight excluding hydrogens is 240 g/mol. The lowest BCUT2D eigenvalue weighted by Crippen LogP contribution is -2.49. The maximum atomic E-state index is 11.8. The average molecular weight is 258 g/mol. The lowest BCUT2D eigenvalue weighted by Gasteiger charge is -2.26. The van der Waals surface area contributed by atoms with Crippen molar-refractivity contribution in [1.82, 2.24) is 10.2 Å². The second kappa shape index (κ2) is 6.23. The van der Waals surface area contributed by atoms with Crippen LogP contribution in [-0.2, 0) is 9.59 Å². The number of carbonyl (C=O) groups excluding carboxylic acids is 1. The summed E-state index contributed by atoms with van der Waals surface area (Å²) >= 11 is 0. The van der Waals surface area contributed by atoms with Crippen LogP contribution in [0, 0.1) is 0 Å². The first-order valence-corrected chi connectivity index (χ1v) is 5.89. The Morgan fingerprint density at radius 1 is 1.28 bits per heavy atom. The summed E-state index contributed by atoms with van der Waals surface area (Å²) in [6.07, 6.45) is 3.29. The van der Waals surface area contributed by atoms with Crippen molar-refractivity contribution < 1.29 is 24.6 Å². The zero-order valence-electron chi connectivity index (χ0n) is 10.3. The fourth-order valence-corrected chi connectivity index (χ4v) is 2.08. The maximum absolute atomic E-state index is 11.8. The van der Waals surface area contributed by atoms with Crippen molar-refractivity contribution in [1.29, 1.82) is 0 Å². The highest BCUT2D eigenvalue weighted by Gasteiger charge is 2.28. The molecule has 7 heteroatoms. The van der Waals surface area contributed by atoms with E-state index in [1.807, 2.05) is 0 Å². The summed E-state index contributed by atoms with van der Waals surface area (Å²) in [4.78, 5) is 34.6. The number of carbonyl (C=O) groups is 3. The van der Waals surface area contributed by atoms with Gasteiger partial charge in [-0.25, -0.2) is 9.59 Å². The number of carboxylic acids is 2. The van der Waals surface area contributed by atoms with E-state index in [-0.39, 0.29) is 6.04 Å². The molecule has 1 aliphatic rings. The van der Waals surface area contributed by atoms with Gasteiger partial charge >= 0.3 is 18.0 Å². The molecule has 0 aliphatic heterocycles. The number of amides is 2. The molecule has 7 nitrogen and oxygen atoms in total. The largest absolute Gasteiger partial charge is 0.481 e. The smallest absolute Gasteiger partial charge is 0.326 e. The Labute approximate surface area is 105 Å². The van der Waals surface area contributed by atoms with Gasteiger partial charge in [0.1, 0.15) is 6.04 Å². The van der Waals surface area contributed by atoms with Crippen molar-refractivity contribution >= 4 is 18.0 Å². The molecule has 0 aromatic rings. The van der Waals surface area contributed by atoms with E-state index < -0.39 is 30.4 Å². The highest BCUT2D eigenvalue weighted by atomic mass is 16.4. The highest BCUT2D eigenvalue weighted by molar-refractivity contribution is 5.86. The van der Waals surface area contributed by atoms with Crippen LogP contribution in [0.15, 0.2) is 0 Å². The molecule has 1 atom stereocenters. The summed E-state index contributed by atoms with van der Waals surface area (Å²) < 4.78 is 0. The van der Waals surface area contributed by atoms with E-state index in [4.69, 9.17) is 10.2 Å². The predicted molar refractivity (Wildman–Crippen MR) is 62.2 cm³/mol. The van der Waals surface area contributed by atoms with Crippen LogP contribution < -0.4 is 5.32 Å². The number of nitrogens with one attached hydrogen (secondary N) is 1. The van der Waals surface area contributed by atoms with Crippen LogP contribution in [0.4, 0.5) is 4.79 Å². The van der Waals surface area contributed by atoms with Crippen molar-refractivity contribution in [2.24, 2.45) is 0 Å². The van der Waals surface area contributed by atoms with E-state index in [1.54, 1.807) is 7.05 Å². The summed E-state index contributed by atoms with van der Waals surface area (Å²) in [5.41, 5.74) is 0. The zero-order chi connectivity index (χ0) is 13.7. The SMILES string of the molecule is CN(C(=O)N[C@@H](CC(=O)O)C(=O)O)C1CCCC1. The number of carboxylic acid groups (broad SMARTS) is 2. The zero-order valence-corrected chi connectivity index (χ0v) is 10.3. The van der Waals surface area contributed by atoms with E-state index in [1.165, 1.54) is 4.90 Å². The van der Waals surface area contributed by atoms with Gasteiger partial charge in [0.05, 0.1) is 6.42 Å². The van der Waals surface area contributed by atoms with Crippen LogP contribution in [-0.4, -0.2) is 52.2 Å². The van der Waals surface area contributed by atoms with Crippen LogP contribution in [0.5, 0.6) is 0 Å². The van der Waals surface area contributed by atoms with Gasteiger partial charge in [0.15, 0.2) is 0 Å². The third-order valence-corrected chi connectivity index (χ3v) is 3.17. The average Bonchev–Trinajstić information content (AvgIpc) is 2.79. The lowest BCUT2D eigenvalue weighted by molar-refractivity contribution is -0.145. The van der Waals surface area contributed by atoms with E-state index >= 15 is 0 Å². The van der Waals surface area contributed by atoms with Crippen molar-refractivity contribution in [3.05, 3.63) is 0 Å². The molecule has 0 saturated heterocycles. The van der Waals surface area contributed by atoms with Crippen LogP contribution in [0.2, 0.25) is 0 Å². The van der Waals surface area contributed by atoms with Crippen LogP contribution in [0.3, 0.4) is 0 Å². The van der Waals surface area contributed by atoms with Crippen LogP contribution in [0.25, 0.3) is 0 Å². The first kappa shape index (κ1) is 14.3. The fourth-order valence-electron chi connectivity index (χ4n) is 2.08. The van der Waals surface area contributed by atoms with Gasteiger partial charge in [-0.2, -0.15) is 0 Å². The molecule has 3 N–H and O–H groups in total. The summed E-state index contributed by atoms with van der Waals surface area (Å²) in [6.45, 7) is 0. The van der Waals surface area contributed by atoms with Crippen LogP contribution >= 0.6 is 0 Å². The molecule has 0 aromatic carbocycles. The van der Waals surface area contributed by atoms with Gasteiger partial charge in [-0.15, -0.1) is 0 Å². The molecule has 2 amide bonds. The lowest BCUT2D eigenvalue weighted by atomic mass is 10.2. The Morgan fingerprint density at radius 2 is 1.83 bits per heavy atom. The number of hydrogen-bond donors (Lipinski definition) is 3. The first-order chi connectivity index (χ1) is 8.41. The number of hydrogen-bond acceptors (Lipinski definition) is 3. The van der Waals surface area contributed by atoms with Gasteiger partial charge < -0.3 is 20.4 Å².